The molecule has 146 valence electrons. The Balaban J connectivity index is 1.63. The Labute approximate surface area is 165 Å². The highest BCUT2D eigenvalue weighted by Gasteiger charge is 2.37. The van der Waals surface area contributed by atoms with Crippen LogP contribution in [0.2, 0.25) is 0 Å². The Morgan fingerprint density at radius 1 is 1.11 bits per heavy atom. The molecule has 0 atom stereocenters. The van der Waals surface area contributed by atoms with Gasteiger partial charge in [0.05, 0.1) is 11.5 Å². The number of urea groups is 1. The van der Waals surface area contributed by atoms with Crippen molar-refractivity contribution < 1.29 is 18.0 Å². The molecule has 1 aliphatic heterocycles. The highest BCUT2D eigenvalue weighted by molar-refractivity contribution is 8.00. The van der Waals surface area contributed by atoms with Crippen LogP contribution in [-0.2, 0) is 5.41 Å². The molecule has 1 N–H and O–H groups in total. The van der Waals surface area contributed by atoms with Crippen molar-refractivity contribution in [2.45, 2.75) is 28.7 Å². The average molecular weight is 405 g/mol. The van der Waals surface area contributed by atoms with E-state index in [-0.39, 0.29) is 22.7 Å². The molecule has 1 heterocycles. The summed E-state index contributed by atoms with van der Waals surface area (Å²) in [5.41, 5.74) is -3.76. The normalized spacial score (nSPS) is 16.3. The number of piperidine rings is 1. The number of nitrogens with zero attached hydrogens (tertiary/aromatic N) is 2. The van der Waals surface area contributed by atoms with Crippen molar-refractivity contribution >= 4 is 23.5 Å². The van der Waals surface area contributed by atoms with Gasteiger partial charge in [-0.1, -0.05) is 36.4 Å². The number of hydrogen-bond donors (Lipinski definition) is 1. The van der Waals surface area contributed by atoms with Gasteiger partial charge in [0.15, 0.2) is 0 Å². The third-order valence-electron chi connectivity index (χ3n) is 4.76. The summed E-state index contributed by atoms with van der Waals surface area (Å²) in [7, 11) is 0. The van der Waals surface area contributed by atoms with E-state index in [1.807, 2.05) is 30.3 Å². The van der Waals surface area contributed by atoms with Crippen LogP contribution < -0.4 is 5.32 Å². The number of hydrogen-bond acceptors (Lipinski definition) is 3. The van der Waals surface area contributed by atoms with Crippen LogP contribution in [0.3, 0.4) is 0 Å². The molecule has 0 unspecified atom stereocenters. The Morgan fingerprint density at radius 2 is 1.79 bits per heavy atom. The molecule has 1 fully saturated rings. The number of benzene rings is 2. The highest BCUT2D eigenvalue weighted by Crippen LogP contribution is 2.38. The van der Waals surface area contributed by atoms with Gasteiger partial charge in [0.2, 0.25) is 0 Å². The largest absolute Gasteiger partial charge is 0.446 e. The molecule has 0 radical (unpaired) electrons. The minimum atomic E-state index is -4.38. The molecule has 8 heteroatoms. The molecule has 0 bridgehead atoms. The molecule has 0 aromatic heterocycles. The number of halogens is 3. The molecule has 4 nitrogen and oxygen atoms in total. The van der Waals surface area contributed by atoms with Gasteiger partial charge in [-0.15, -0.1) is 0 Å². The number of alkyl halides is 3. The SMILES string of the molecule is N#CC1(c2ccccc2)CCN(C(=O)Nc2cccc(SC(F)(F)F)c2)CC1. The van der Waals surface area contributed by atoms with E-state index in [2.05, 4.69) is 11.4 Å². The summed E-state index contributed by atoms with van der Waals surface area (Å²) >= 11 is -0.223. The Morgan fingerprint density at radius 3 is 2.39 bits per heavy atom. The highest BCUT2D eigenvalue weighted by atomic mass is 32.2. The number of anilines is 1. The van der Waals surface area contributed by atoms with E-state index >= 15 is 0 Å². The number of thioether (sulfide) groups is 1. The summed E-state index contributed by atoms with van der Waals surface area (Å²) in [6, 6.07) is 17.2. The van der Waals surface area contributed by atoms with Gasteiger partial charge in [-0.05, 0) is 48.4 Å². The molecular weight excluding hydrogens is 387 g/mol. The number of carbonyl (C=O) groups excluding carboxylic acids is 1. The minimum absolute atomic E-state index is 0.0107. The van der Waals surface area contributed by atoms with E-state index in [4.69, 9.17) is 0 Å². The second-order valence-corrected chi connectivity index (χ2v) is 7.69. The van der Waals surface area contributed by atoms with E-state index < -0.39 is 10.9 Å². The van der Waals surface area contributed by atoms with Crippen LogP contribution in [0, 0.1) is 11.3 Å². The number of nitrogens with one attached hydrogen (secondary N) is 1. The van der Waals surface area contributed by atoms with Gasteiger partial charge < -0.3 is 10.2 Å². The van der Waals surface area contributed by atoms with E-state index in [0.717, 1.165) is 5.56 Å². The maximum atomic E-state index is 12.5. The average Bonchev–Trinajstić information content (AvgIpc) is 2.67. The molecule has 28 heavy (non-hydrogen) atoms. The third kappa shape index (κ3) is 4.78. The van der Waals surface area contributed by atoms with E-state index in [1.54, 1.807) is 11.0 Å². The van der Waals surface area contributed by atoms with Crippen LogP contribution >= 0.6 is 11.8 Å². The molecule has 2 amide bonds. The maximum absolute atomic E-state index is 12.5. The van der Waals surface area contributed by atoms with Crippen LogP contribution in [-0.4, -0.2) is 29.5 Å². The van der Waals surface area contributed by atoms with Crippen LogP contribution in [0.25, 0.3) is 0 Å². The lowest BCUT2D eigenvalue weighted by Gasteiger charge is -2.37. The van der Waals surface area contributed by atoms with Gasteiger partial charge >= 0.3 is 11.5 Å². The lowest BCUT2D eigenvalue weighted by Crippen LogP contribution is -2.46. The summed E-state index contributed by atoms with van der Waals surface area (Å²) in [6.07, 6.45) is 1.01. The number of rotatable bonds is 3. The number of carbonyl (C=O) groups is 1. The Hall–Kier alpha value is -2.66. The van der Waals surface area contributed by atoms with Crippen molar-refractivity contribution in [2.24, 2.45) is 0 Å². The standard InChI is InChI=1S/C20H18F3N3OS/c21-20(22,23)28-17-8-4-7-16(13-17)25-18(27)26-11-9-19(14-24,10-12-26)15-5-2-1-3-6-15/h1-8,13H,9-12H2,(H,25,27). The minimum Gasteiger partial charge on any atom is -0.324 e. The van der Waals surface area contributed by atoms with Crippen LogP contribution in [0.4, 0.5) is 23.7 Å². The molecular formula is C20H18F3N3OS. The van der Waals surface area contributed by atoms with Crippen LogP contribution in [0.15, 0.2) is 59.5 Å². The first kappa shape index (κ1) is 20.1. The fourth-order valence-electron chi connectivity index (χ4n) is 3.29. The van der Waals surface area contributed by atoms with Crippen molar-refractivity contribution in [3.63, 3.8) is 0 Å². The van der Waals surface area contributed by atoms with Crippen molar-refractivity contribution in [2.75, 3.05) is 18.4 Å². The molecule has 1 saturated heterocycles. The van der Waals surface area contributed by atoms with Crippen molar-refractivity contribution in [3.05, 3.63) is 60.2 Å². The fourth-order valence-corrected chi connectivity index (χ4v) is 3.89. The number of amides is 2. The molecule has 0 aliphatic carbocycles. The predicted octanol–water partition coefficient (Wildman–Crippen LogP) is 5.39. The van der Waals surface area contributed by atoms with E-state index in [1.165, 1.54) is 18.2 Å². The zero-order valence-corrected chi connectivity index (χ0v) is 15.7. The summed E-state index contributed by atoms with van der Waals surface area (Å²) in [4.78, 5) is 14.1. The molecule has 0 saturated carbocycles. The first-order chi connectivity index (χ1) is 13.3. The van der Waals surface area contributed by atoms with Gasteiger partial charge in [0.1, 0.15) is 0 Å². The lowest BCUT2D eigenvalue weighted by molar-refractivity contribution is -0.0328. The first-order valence-electron chi connectivity index (χ1n) is 8.70. The van der Waals surface area contributed by atoms with Gasteiger partial charge in [-0.3, -0.25) is 0 Å². The van der Waals surface area contributed by atoms with Gasteiger partial charge in [0, 0.05) is 23.7 Å². The third-order valence-corrected chi connectivity index (χ3v) is 5.48. The van der Waals surface area contributed by atoms with Gasteiger partial charge in [-0.2, -0.15) is 18.4 Å². The fraction of sp³-hybridized carbons (Fsp3) is 0.300. The van der Waals surface area contributed by atoms with E-state index in [0.29, 0.717) is 31.6 Å². The Kier molecular flexibility index (Phi) is 5.84. The summed E-state index contributed by atoms with van der Waals surface area (Å²) in [5, 5.41) is 12.4. The Bertz CT molecular complexity index is 872. The van der Waals surface area contributed by atoms with Gasteiger partial charge in [0.25, 0.3) is 0 Å². The molecule has 3 rings (SSSR count). The number of nitriles is 1. The smallest absolute Gasteiger partial charge is 0.324 e. The molecule has 2 aromatic carbocycles. The van der Waals surface area contributed by atoms with Crippen molar-refractivity contribution in [3.8, 4) is 6.07 Å². The zero-order valence-electron chi connectivity index (χ0n) is 14.9. The van der Waals surface area contributed by atoms with Crippen molar-refractivity contribution in [1.29, 1.82) is 5.26 Å². The van der Waals surface area contributed by atoms with Crippen LogP contribution in [0.5, 0.6) is 0 Å². The quantitative estimate of drug-likeness (QED) is 0.697. The predicted molar refractivity (Wildman–Crippen MR) is 102 cm³/mol. The molecule has 0 spiro atoms. The molecule has 1 aliphatic rings. The zero-order chi connectivity index (χ0) is 20.2. The number of likely N-dealkylation sites (tertiary alicyclic amines) is 1. The van der Waals surface area contributed by atoms with Crippen LogP contribution in [0.1, 0.15) is 18.4 Å². The van der Waals surface area contributed by atoms with E-state index in [9.17, 15) is 23.2 Å². The summed E-state index contributed by atoms with van der Waals surface area (Å²) < 4.78 is 37.5. The maximum Gasteiger partial charge on any atom is 0.446 e. The second-order valence-electron chi connectivity index (χ2n) is 6.55. The molecule has 2 aromatic rings. The lowest BCUT2D eigenvalue weighted by atomic mass is 9.74. The van der Waals surface area contributed by atoms with Gasteiger partial charge in [-0.25, -0.2) is 4.79 Å². The van der Waals surface area contributed by atoms with Crippen molar-refractivity contribution in [1.82, 2.24) is 4.90 Å². The topological polar surface area (TPSA) is 56.1 Å². The summed E-state index contributed by atoms with van der Waals surface area (Å²) in [5.74, 6) is 0. The second kappa shape index (κ2) is 8.15. The first-order valence-corrected chi connectivity index (χ1v) is 9.51. The monoisotopic (exact) mass is 405 g/mol. The summed E-state index contributed by atoms with van der Waals surface area (Å²) in [6.45, 7) is 0.788.